The molecule has 1 amide bonds. The highest BCUT2D eigenvalue weighted by Crippen LogP contribution is 2.08. The fourth-order valence-corrected chi connectivity index (χ4v) is 1.83. The van der Waals surface area contributed by atoms with E-state index in [2.05, 4.69) is 5.32 Å². The van der Waals surface area contributed by atoms with Gasteiger partial charge in [-0.05, 0) is 30.9 Å². The second-order valence-electron chi connectivity index (χ2n) is 4.15. The van der Waals surface area contributed by atoms with Gasteiger partial charge in [0.25, 0.3) is 0 Å². The maximum atomic E-state index is 13.3. The highest BCUT2D eigenvalue weighted by Gasteiger charge is 2.13. The quantitative estimate of drug-likeness (QED) is 0.809. The molecule has 0 spiro atoms. The predicted molar refractivity (Wildman–Crippen MR) is 67.2 cm³/mol. The molecule has 17 heavy (non-hydrogen) atoms. The Bertz CT molecular complexity index is 361. The van der Waals surface area contributed by atoms with Gasteiger partial charge in [-0.2, -0.15) is 0 Å². The standard InChI is InChI=1S/C14H20FNO/c1-3-11(4-2)14(17)16-10-9-12-7-5-6-8-13(12)15/h5-8,11H,3-4,9-10H2,1-2H3,(H,16,17). The van der Waals surface area contributed by atoms with Crippen LogP contribution in [0, 0.1) is 11.7 Å². The molecule has 1 N–H and O–H groups in total. The molecule has 1 rings (SSSR count). The lowest BCUT2D eigenvalue weighted by Crippen LogP contribution is -2.31. The van der Waals surface area contributed by atoms with Gasteiger partial charge in [-0.1, -0.05) is 32.0 Å². The number of nitrogens with one attached hydrogen (secondary N) is 1. The number of hydrogen-bond donors (Lipinski definition) is 1. The average Bonchev–Trinajstić information content (AvgIpc) is 2.33. The number of carbonyl (C=O) groups excluding carboxylic acids is 1. The van der Waals surface area contributed by atoms with E-state index in [4.69, 9.17) is 0 Å². The highest BCUT2D eigenvalue weighted by atomic mass is 19.1. The van der Waals surface area contributed by atoms with Crippen LogP contribution in [0.2, 0.25) is 0 Å². The van der Waals surface area contributed by atoms with Crippen molar-refractivity contribution < 1.29 is 9.18 Å². The summed E-state index contributed by atoms with van der Waals surface area (Å²) >= 11 is 0. The molecule has 0 atom stereocenters. The smallest absolute Gasteiger partial charge is 0.223 e. The van der Waals surface area contributed by atoms with Crippen LogP contribution in [0.4, 0.5) is 4.39 Å². The van der Waals surface area contributed by atoms with Gasteiger partial charge in [0.2, 0.25) is 5.91 Å². The molecule has 0 saturated carbocycles. The molecule has 0 bridgehead atoms. The van der Waals surface area contributed by atoms with E-state index in [1.54, 1.807) is 18.2 Å². The lowest BCUT2D eigenvalue weighted by Gasteiger charge is -2.12. The Balaban J connectivity index is 2.38. The lowest BCUT2D eigenvalue weighted by atomic mass is 10.0. The molecule has 0 aliphatic carbocycles. The minimum Gasteiger partial charge on any atom is -0.356 e. The fraction of sp³-hybridized carbons (Fsp3) is 0.500. The van der Waals surface area contributed by atoms with Crippen LogP contribution in [0.15, 0.2) is 24.3 Å². The Morgan fingerprint density at radius 3 is 2.53 bits per heavy atom. The first kappa shape index (κ1) is 13.7. The third-order valence-corrected chi connectivity index (χ3v) is 3.01. The molecule has 0 saturated heterocycles. The summed E-state index contributed by atoms with van der Waals surface area (Å²) < 4.78 is 13.3. The van der Waals surface area contributed by atoms with Crippen molar-refractivity contribution in [1.82, 2.24) is 5.32 Å². The van der Waals surface area contributed by atoms with Crippen molar-refractivity contribution in [2.45, 2.75) is 33.1 Å². The number of halogens is 1. The molecule has 0 aliphatic heterocycles. The number of benzene rings is 1. The van der Waals surface area contributed by atoms with Gasteiger partial charge < -0.3 is 5.32 Å². The van der Waals surface area contributed by atoms with Crippen molar-refractivity contribution in [1.29, 1.82) is 0 Å². The van der Waals surface area contributed by atoms with Gasteiger partial charge in [0.1, 0.15) is 5.82 Å². The minimum atomic E-state index is -0.204. The molecular weight excluding hydrogens is 217 g/mol. The summed E-state index contributed by atoms with van der Waals surface area (Å²) in [5.74, 6) is -0.0498. The molecule has 1 aromatic rings. The zero-order valence-electron chi connectivity index (χ0n) is 10.5. The van der Waals surface area contributed by atoms with Crippen LogP contribution < -0.4 is 5.32 Å². The third-order valence-electron chi connectivity index (χ3n) is 3.01. The molecule has 1 aromatic carbocycles. The van der Waals surface area contributed by atoms with E-state index in [1.165, 1.54) is 6.07 Å². The molecule has 0 unspecified atom stereocenters. The van der Waals surface area contributed by atoms with Crippen LogP contribution in [-0.2, 0) is 11.2 Å². The van der Waals surface area contributed by atoms with Crippen LogP contribution in [0.25, 0.3) is 0 Å². The Morgan fingerprint density at radius 2 is 1.94 bits per heavy atom. The lowest BCUT2D eigenvalue weighted by molar-refractivity contribution is -0.125. The van der Waals surface area contributed by atoms with E-state index >= 15 is 0 Å². The second-order valence-corrected chi connectivity index (χ2v) is 4.15. The maximum absolute atomic E-state index is 13.3. The van der Waals surface area contributed by atoms with Crippen LogP contribution >= 0.6 is 0 Å². The Kier molecular flexibility index (Phi) is 5.67. The molecule has 0 aromatic heterocycles. The summed E-state index contributed by atoms with van der Waals surface area (Å²) in [6, 6.07) is 6.67. The Labute approximate surface area is 102 Å². The van der Waals surface area contributed by atoms with E-state index < -0.39 is 0 Å². The highest BCUT2D eigenvalue weighted by molar-refractivity contribution is 5.78. The maximum Gasteiger partial charge on any atom is 0.223 e. The molecule has 0 heterocycles. The normalized spacial score (nSPS) is 10.6. The first-order valence-electron chi connectivity index (χ1n) is 6.20. The van der Waals surface area contributed by atoms with E-state index in [1.807, 2.05) is 13.8 Å². The van der Waals surface area contributed by atoms with Crippen LogP contribution in [0.5, 0.6) is 0 Å². The van der Waals surface area contributed by atoms with Gasteiger partial charge in [0, 0.05) is 12.5 Å². The summed E-state index contributed by atoms with van der Waals surface area (Å²) in [6.45, 7) is 4.51. The fourth-order valence-electron chi connectivity index (χ4n) is 1.83. The van der Waals surface area contributed by atoms with Crippen molar-refractivity contribution in [3.8, 4) is 0 Å². The minimum absolute atomic E-state index is 0.0753. The van der Waals surface area contributed by atoms with Crippen LogP contribution in [0.3, 0.4) is 0 Å². The second kappa shape index (κ2) is 7.05. The Morgan fingerprint density at radius 1 is 1.29 bits per heavy atom. The predicted octanol–water partition coefficient (Wildman–Crippen LogP) is 2.92. The summed E-state index contributed by atoms with van der Waals surface area (Å²) in [5.41, 5.74) is 0.650. The van der Waals surface area contributed by atoms with Crippen LogP contribution in [0.1, 0.15) is 32.3 Å². The first-order valence-corrected chi connectivity index (χ1v) is 6.20. The molecule has 94 valence electrons. The van der Waals surface area contributed by atoms with Gasteiger partial charge in [0.05, 0.1) is 0 Å². The van der Waals surface area contributed by atoms with Crippen molar-refractivity contribution in [3.63, 3.8) is 0 Å². The topological polar surface area (TPSA) is 29.1 Å². The Hall–Kier alpha value is -1.38. The van der Waals surface area contributed by atoms with Crippen molar-refractivity contribution >= 4 is 5.91 Å². The summed E-state index contributed by atoms with van der Waals surface area (Å²) in [4.78, 5) is 11.7. The van der Waals surface area contributed by atoms with Crippen molar-refractivity contribution in [3.05, 3.63) is 35.6 Å². The average molecular weight is 237 g/mol. The van der Waals surface area contributed by atoms with E-state index in [-0.39, 0.29) is 17.6 Å². The zero-order valence-corrected chi connectivity index (χ0v) is 10.5. The molecule has 2 nitrogen and oxygen atoms in total. The van der Waals surface area contributed by atoms with Gasteiger partial charge in [-0.15, -0.1) is 0 Å². The first-order chi connectivity index (χ1) is 8.19. The molecule has 3 heteroatoms. The number of carbonyl (C=O) groups is 1. The number of rotatable bonds is 6. The largest absolute Gasteiger partial charge is 0.356 e. The van der Waals surface area contributed by atoms with E-state index in [0.717, 1.165) is 12.8 Å². The van der Waals surface area contributed by atoms with Crippen molar-refractivity contribution in [2.75, 3.05) is 6.54 Å². The number of amides is 1. The van der Waals surface area contributed by atoms with Gasteiger partial charge in [-0.25, -0.2) is 4.39 Å². The van der Waals surface area contributed by atoms with E-state index in [0.29, 0.717) is 18.5 Å². The molecule has 0 radical (unpaired) electrons. The van der Waals surface area contributed by atoms with Gasteiger partial charge in [0.15, 0.2) is 0 Å². The summed E-state index contributed by atoms with van der Waals surface area (Å²) in [6.07, 6.45) is 2.24. The monoisotopic (exact) mass is 237 g/mol. The van der Waals surface area contributed by atoms with Crippen molar-refractivity contribution in [2.24, 2.45) is 5.92 Å². The zero-order chi connectivity index (χ0) is 12.7. The van der Waals surface area contributed by atoms with Gasteiger partial charge in [-0.3, -0.25) is 4.79 Å². The third kappa shape index (κ3) is 4.17. The van der Waals surface area contributed by atoms with Gasteiger partial charge >= 0.3 is 0 Å². The summed E-state index contributed by atoms with van der Waals surface area (Å²) in [7, 11) is 0. The van der Waals surface area contributed by atoms with E-state index in [9.17, 15) is 9.18 Å². The van der Waals surface area contributed by atoms with Crippen LogP contribution in [-0.4, -0.2) is 12.5 Å². The molecule has 0 fully saturated rings. The summed E-state index contributed by atoms with van der Waals surface area (Å²) in [5, 5.41) is 2.85. The SMILES string of the molecule is CCC(CC)C(=O)NCCc1ccccc1F. The number of hydrogen-bond acceptors (Lipinski definition) is 1. The molecular formula is C14H20FNO. The molecule has 0 aliphatic rings.